The maximum atomic E-state index is 8.63. The predicted octanol–water partition coefficient (Wildman–Crippen LogP) is 3.02. The number of nitrogens with one attached hydrogen (secondary N) is 1. The van der Waals surface area contributed by atoms with Gasteiger partial charge in [0.25, 0.3) is 0 Å². The Morgan fingerprint density at radius 3 is 2.53 bits per heavy atom. The summed E-state index contributed by atoms with van der Waals surface area (Å²) in [7, 11) is 0. The molecule has 0 unspecified atom stereocenters. The molecule has 0 amide bonds. The molecule has 3 rings (SSSR count). The lowest BCUT2D eigenvalue weighted by atomic mass is 9.93. The molecule has 1 heterocycles. The van der Waals surface area contributed by atoms with E-state index in [9.17, 15) is 0 Å². The lowest BCUT2D eigenvalue weighted by Crippen LogP contribution is -2.25. The molecule has 0 aromatic heterocycles. The van der Waals surface area contributed by atoms with Crippen molar-refractivity contribution in [3.05, 3.63) is 53.6 Å². The van der Waals surface area contributed by atoms with Gasteiger partial charge in [0.15, 0.2) is 0 Å². The minimum Gasteiger partial charge on any atom is -0.508 e. The molecule has 2 heteroatoms. The van der Waals surface area contributed by atoms with Gasteiger partial charge in [0.2, 0.25) is 0 Å². The lowest BCUT2D eigenvalue weighted by Gasteiger charge is -2.21. The van der Waals surface area contributed by atoms with E-state index in [2.05, 4.69) is 17.5 Å². The van der Waals surface area contributed by atoms with Crippen molar-refractivity contribution in [2.45, 2.75) is 19.3 Å². The van der Waals surface area contributed by atoms with E-state index in [0.717, 1.165) is 6.54 Å². The van der Waals surface area contributed by atoms with E-state index in [1.807, 2.05) is 6.07 Å². The molecule has 0 fully saturated rings. The molecule has 2 aliphatic rings. The van der Waals surface area contributed by atoms with Gasteiger partial charge in [-0.1, -0.05) is 35.9 Å². The number of aromatic hydroxyl groups is 1. The molecule has 0 atom stereocenters. The normalized spacial score (nSPS) is 18.1. The zero-order chi connectivity index (χ0) is 11.9. The SMILES string of the molecule is C1=CC2=C(CC1)CCNC2.Oc1ccccc1. The monoisotopic (exact) mass is 229 g/mol. The van der Waals surface area contributed by atoms with E-state index in [0.29, 0.717) is 5.75 Å². The van der Waals surface area contributed by atoms with Crippen LogP contribution in [-0.4, -0.2) is 18.2 Å². The number of hydrogen-bond acceptors (Lipinski definition) is 2. The third-order valence-electron chi connectivity index (χ3n) is 3.06. The quantitative estimate of drug-likeness (QED) is 0.716. The van der Waals surface area contributed by atoms with Crippen molar-refractivity contribution >= 4 is 0 Å². The van der Waals surface area contributed by atoms with Crippen molar-refractivity contribution in [1.29, 1.82) is 0 Å². The van der Waals surface area contributed by atoms with Crippen LogP contribution in [0.3, 0.4) is 0 Å². The summed E-state index contributed by atoms with van der Waals surface area (Å²) in [5, 5.41) is 12.0. The van der Waals surface area contributed by atoms with Crippen molar-refractivity contribution in [3.8, 4) is 5.75 Å². The first-order chi connectivity index (χ1) is 8.36. The molecule has 0 saturated heterocycles. The minimum atomic E-state index is 0.322. The van der Waals surface area contributed by atoms with Crippen LogP contribution in [0, 0.1) is 0 Å². The highest BCUT2D eigenvalue weighted by Gasteiger charge is 2.11. The number of hydrogen-bond donors (Lipinski definition) is 2. The highest BCUT2D eigenvalue weighted by Crippen LogP contribution is 2.22. The molecule has 17 heavy (non-hydrogen) atoms. The number of rotatable bonds is 0. The largest absolute Gasteiger partial charge is 0.508 e. The van der Waals surface area contributed by atoms with Crippen LogP contribution in [0.2, 0.25) is 0 Å². The lowest BCUT2D eigenvalue weighted by molar-refractivity contribution is 0.475. The fraction of sp³-hybridized carbons (Fsp3) is 0.333. The Balaban J connectivity index is 0.000000136. The number of phenolic OH excluding ortho intramolecular Hbond substituents is 1. The van der Waals surface area contributed by atoms with Gasteiger partial charge in [-0.05, 0) is 43.5 Å². The molecule has 0 saturated carbocycles. The van der Waals surface area contributed by atoms with Gasteiger partial charge in [0, 0.05) is 6.54 Å². The van der Waals surface area contributed by atoms with E-state index < -0.39 is 0 Å². The first-order valence-electron chi connectivity index (χ1n) is 6.18. The smallest absolute Gasteiger partial charge is 0.115 e. The average molecular weight is 229 g/mol. The Morgan fingerprint density at radius 1 is 1.06 bits per heavy atom. The van der Waals surface area contributed by atoms with E-state index in [1.54, 1.807) is 35.4 Å². The van der Waals surface area contributed by atoms with E-state index >= 15 is 0 Å². The zero-order valence-electron chi connectivity index (χ0n) is 10.0. The highest BCUT2D eigenvalue weighted by atomic mass is 16.3. The molecule has 1 aliphatic heterocycles. The van der Waals surface area contributed by atoms with Gasteiger partial charge in [-0.25, -0.2) is 0 Å². The molecule has 0 radical (unpaired) electrons. The maximum Gasteiger partial charge on any atom is 0.115 e. The molecule has 2 nitrogen and oxygen atoms in total. The van der Waals surface area contributed by atoms with Gasteiger partial charge < -0.3 is 10.4 Å². The van der Waals surface area contributed by atoms with Crippen molar-refractivity contribution in [3.63, 3.8) is 0 Å². The second-order valence-corrected chi connectivity index (χ2v) is 4.33. The average Bonchev–Trinajstić information content (AvgIpc) is 2.41. The van der Waals surface area contributed by atoms with Crippen LogP contribution in [0.5, 0.6) is 5.75 Å². The fourth-order valence-electron chi connectivity index (χ4n) is 2.12. The van der Waals surface area contributed by atoms with E-state index in [1.165, 1.54) is 25.8 Å². The summed E-state index contributed by atoms with van der Waals surface area (Å²) in [6.45, 7) is 2.29. The Bertz CT molecular complexity index is 406. The third-order valence-corrected chi connectivity index (χ3v) is 3.06. The van der Waals surface area contributed by atoms with Crippen LogP contribution in [-0.2, 0) is 0 Å². The Hall–Kier alpha value is -1.54. The molecule has 1 aliphatic carbocycles. The summed E-state index contributed by atoms with van der Waals surface area (Å²) < 4.78 is 0. The molecule has 0 spiro atoms. The Kier molecular flexibility index (Phi) is 4.39. The Labute approximate surface area is 103 Å². The molecular formula is C15H19NO. The predicted molar refractivity (Wildman–Crippen MR) is 71.0 cm³/mol. The molecule has 90 valence electrons. The first-order valence-corrected chi connectivity index (χ1v) is 6.18. The summed E-state index contributed by atoms with van der Waals surface area (Å²) in [4.78, 5) is 0. The Morgan fingerprint density at radius 2 is 1.88 bits per heavy atom. The van der Waals surface area contributed by atoms with Crippen molar-refractivity contribution in [1.82, 2.24) is 5.32 Å². The van der Waals surface area contributed by atoms with Crippen molar-refractivity contribution in [2.75, 3.05) is 13.1 Å². The number of para-hydroxylation sites is 1. The summed E-state index contributed by atoms with van der Waals surface area (Å²) in [5.41, 5.74) is 3.25. The summed E-state index contributed by atoms with van der Waals surface area (Å²) >= 11 is 0. The maximum absolute atomic E-state index is 8.63. The zero-order valence-corrected chi connectivity index (χ0v) is 10.0. The van der Waals surface area contributed by atoms with Gasteiger partial charge in [0.05, 0.1) is 0 Å². The van der Waals surface area contributed by atoms with Crippen LogP contribution < -0.4 is 5.32 Å². The van der Waals surface area contributed by atoms with Crippen LogP contribution in [0.25, 0.3) is 0 Å². The van der Waals surface area contributed by atoms with Crippen LogP contribution in [0.15, 0.2) is 53.6 Å². The third kappa shape index (κ3) is 3.75. The van der Waals surface area contributed by atoms with Crippen molar-refractivity contribution in [2.24, 2.45) is 0 Å². The van der Waals surface area contributed by atoms with E-state index in [4.69, 9.17) is 5.11 Å². The number of benzene rings is 1. The standard InChI is InChI=1S/C9H13N.C6H6O/c1-2-4-9-7-10-6-5-8(9)3-1;7-6-4-2-1-3-5-6/h2,4,10H,1,3,5-7H2;1-5,7H. The fourth-order valence-corrected chi connectivity index (χ4v) is 2.12. The first kappa shape index (κ1) is 11.9. The van der Waals surface area contributed by atoms with E-state index in [-0.39, 0.29) is 0 Å². The summed E-state index contributed by atoms with van der Waals surface area (Å²) in [5.74, 6) is 0.322. The van der Waals surface area contributed by atoms with Crippen LogP contribution in [0.1, 0.15) is 19.3 Å². The number of phenols is 1. The van der Waals surface area contributed by atoms with Crippen LogP contribution in [0.4, 0.5) is 0 Å². The van der Waals surface area contributed by atoms with Gasteiger partial charge >= 0.3 is 0 Å². The molecular weight excluding hydrogens is 210 g/mol. The molecule has 2 N–H and O–H groups in total. The second kappa shape index (κ2) is 6.26. The van der Waals surface area contributed by atoms with Crippen LogP contribution >= 0.6 is 0 Å². The van der Waals surface area contributed by atoms with Gasteiger partial charge in [0.1, 0.15) is 5.75 Å². The molecule has 1 aromatic rings. The molecule has 1 aromatic carbocycles. The van der Waals surface area contributed by atoms with Crippen molar-refractivity contribution < 1.29 is 5.11 Å². The second-order valence-electron chi connectivity index (χ2n) is 4.33. The number of allylic oxidation sites excluding steroid dienone is 1. The van der Waals surface area contributed by atoms with Gasteiger partial charge in [-0.3, -0.25) is 0 Å². The van der Waals surface area contributed by atoms with Gasteiger partial charge in [-0.2, -0.15) is 0 Å². The molecule has 0 bridgehead atoms. The topological polar surface area (TPSA) is 32.3 Å². The van der Waals surface area contributed by atoms with Gasteiger partial charge in [-0.15, -0.1) is 0 Å². The summed E-state index contributed by atoms with van der Waals surface area (Å²) in [6, 6.07) is 8.71. The highest BCUT2D eigenvalue weighted by molar-refractivity contribution is 5.32. The minimum absolute atomic E-state index is 0.322. The summed E-state index contributed by atoms with van der Waals surface area (Å²) in [6.07, 6.45) is 8.42.